The van der Waals surface area contributed by atoms with Crippen molar-refractivity contribution in [2.75, 3.05) is 6.54 Å². The fraction of sp³-hybridized carbons (Fsp3) is 0.667. The molecule has 0 radical (unpaired) electrons. The second-order valence-electron chi connectivity index (χ2n) is 5.26. The molecule has 1 aliphatic carbocycles. The number of furan rings is 1. The summed E-state index contributed by atoms with van der Waals surface area (Å²) in [5.74, 6) is 0.799. The van der Waals surface area contributed by atoms with E-state index < -0.39 is 0 Å². The van der Waals surface area contributed by atoms with E-state index >= 15 is 0 Å². The molecule has 2 amide bonds. The molecule has 0 saturated heterocycles. The van der Waals surface area contributed by atoms with Gasteiger partial charge in [-0.05, 0) is 38.8 Å². The maximum absolute atomic E-state index is 12.4. The Morgan fingerprint density at radius 1 is 1.47 bits per heavy atom. The molecule has 106 valence electrons. The Morgan fingerprint density at radius 3 is 2.79 bits per heavy atom. The Labute approximate surface area is 115 Å². The summed E-state index contributed by atoms with van der Waals surface area (Å²) in [5, 5.41) is 3.02. The molecule has 1 unspecified atom stereocenters. The highest BCUT2D eigenvalue weighted by Crippen LogP contribution is 2.23. The van der Waals surface area contributed by atoms with Crippen molar-refractivity contribution in [2.45, 2.75) is 58.0 Å². The Hall–Kier alpha value is -1.45. The molecule has 1 saturated carbocycles. The summed E-state index contributed by atoms with van der Waals surface area (Å²) in [4.78, 5) is 14.3. The van der Waals surface area contributed by atoms with Crippen molar-refractivity contribution in [3.63, 3.8) is 0 Å². The average molecular weight is 264 g/mol. The molecule has 0 bridgehead atoms. The van der Waals surface area contributed by atoms with Crippen LogP contribution in [0.5, 0.6) is 0 Å². The van der Waals surface area contributed by atoms with Crippen LogP contribution >= 0.6 is 0 Å². The molecule has 4 nitrogen and oxygen atoms in total. The van der Waals surface area contributed by atoms with Gasteiger partial charge in [-0.3, -0.25) is 0 Å². The minimum Gasteiger partial charge on any atom is -0.467 e. The first kappa shape index (κ1) is 14.0. The maximum Gasteiger partial charge on any atom is 0.318 e. The summed E-state index contributed by atoms with van der Waals surface area (Å²) in [5.41, 5.74) is 0. The van der Waals surface area contributed by atoms with Crippen LogP contribution in [0.25, 0.3) is 0 Å². The number of carbonyl (C=O) groups is 1. The van der Waals surface area contributed by atoms with E-state index in [0.717, 1.165) is 25.1 Å². The first-order valence-corrected chi connectivity index (χ1v) is 7.33. The van der Waals surface area contributed by atoms with Crippen molar-refractivity contribution in [1.29, 1.82) is 0 Å². The first-order chi connectivity index (χ1) is 9.22. The number of hydrogen-bond donors (Lipinski definition) is 1. The van der Waals surface area contributed by atoms with Gasteiger partial charge in [-0.2, -0.15) is 0 Å². The van der Waals surface area contributed by atoms with Crippen LogP contribution in [0.3, 0.4) is 0 Å². The topological polar surface area (TPSA) is 45.5 Å². The summed E-state index contributed by atoms with van der Waals surface area (Å²) in [6.07, 6.45) is 7.69. The molecule has 1 fully saturated rings. The van der Waals surface area contributed by atoms with Crippen molar-refractivity contribution in [3.8, 4) is 0 Å². The van der Waals surface area contributed by atoms with Crippen molar-refractivity contribution in [2.24, 2.45) is 0 Å². The van der Waals surface area contributed by atoms with Crippen LogP contribution < -0.4 is 5.32 Å². The second-order valence-corrected chi connectivity index (χ2v) is 5.26. The van der Waals surface area contributed by atoms with E-state index in [1.54, 1.807) is 6.26 Å². The third-order valence-electron chi connectivity index (χ3n) is 3.93. The molecule has 1 heterocycles. The molecule has 0 aliphatic heterocycles. The molecule has 1 aromatic rings. The van der Waals surface area contributed by atoms with Gasteiger partial charge in [0.2, 0.25) is 0 Å². The van der Waals surface area contributed by atoms with Crippen molar-refractivity contribution in [3.05, 3.63) is 24.2 Å². The number of carbonyl (C=O) groups excluding carboxylic acids is 1. The Kier molecular flexibility index (Phi) is 4.88. The molecule has 19 heavy (non-hydrogen) atoms. The van der Waals surface area contributed by atoms with E-state index in [1.807, 2.05) is 30.9 Å². The second kappa shape index (κ2) is 6.64. The van der Waals surface area contributed by atoms with Gasteiger partial charge in [0.15, 0.2) is 0 Å². The molecule has 2 rings (SSSR count). The summed E-state index contributed by atoms with van der Waals surface area (Å²) < 4.78 is 5.32. The van der Waals surface area contributed by atoms with Crippen molar-refractivity contribution in [1.82, 2.24) is 10.2 Å². The predicted molar refractivity (Wildman–Crippen MR) is 74.9 cm³/mol. The van der Waals surface area contributed by atoms with Gasteiger partial charge in [0, 0.05) is 12.6 Å². The number of hydrogen-bond acceptors (Lipinski definition) is 2. The molecular weight excluding hydrogens is 240 g/mol. The van der Waals surface area contributed by atoms with Gasteiger partial charge < -0.3 is 14.6 Å². The molecular formula is C15H24N2O2. The summed E-state index contributed by atoms with van der Waals surface area (Å²) >= 11 is 0. The minimum absolute atomic E-state index is 0.0262. The number of urea groups is 1. The lowest BCUT2D eigenvalue weighted by molar-refractivity contribution is 0.156. The van der Waals surface area contributed by atoms with E-state index in [2.05, 4.69) is 5.32 Å². The van der Waals surface area contributed by atoms with E-state index in [1.165, 1.54) is 19.3 Å². The Bertz CT molecular complexity index is 383. The molecule has 0 aromatic carbocycles. The largest absolute Gasteiger partial charge is 0.467 e. The zero-order valence-corrected chi connectivity index (χ0v) is 11.9. The zero-order chi connectivity index (χ0) is 13.7. The zero-order valence-electron chi connectivity index (χ0n) is 11.9. The fourth-order valence-electron chi connectivity index (χ4n) is 2.84. The van der Waals surface area contributed by atoms with E-state index in [-0.39, 0.29) is 12.1 Å². The van der Waals surface area contributed by atoms with Gasteiger partial charge in [0.25, 0.3) is 0 Å². The highest BCUT2D eigenvalue weighted by atomic mass is 16.3. The first-order valence-electron chi connectivity index (χ1n) is 7.33. The third-order valence-corrected chi connectivity index (χ3v) is 3.93. The number of nitrogens with one attached hydrogen (secondary N) is 1. The SMILES string of the molecule is CCN(C(=O)NC(C)c1ccco1)C1CCCCC1. The van der Waals surface area contributed by atoms with E-state index in [4.69, 9.17) is 4.42 Å². The molecule has 1 N–H and O–H groups in total. The van der Waals surface area contributed by atoms with E-state index in [9.17, 15) is 4.79 Å². The van der Waals surface area contributed by atoms with Crippen LogP contribution in [0.2, 0.25) is 0 Å². The molecule has 0 spiro atoms. The number of nitrogens with zero attached hydrogens (tertiary/aromatic N) is 1. The van der Waals surface area contributed by atoms with Crippen LogP contribution in [0.15, 0.2) is 22.8 Å². The molecule has 1 aliphatic rings. The highest BCUT2D eigenvalue weighted by molar-refractivity contribution is 5.75. The number of amides is 2. The van der Waals surface area contributed by atoms with Gasteiger partial charge in [0.1, 0.15) is 5.76 Å². The summed E-state index contributed by atoms with van der Waals surface area (Å²) in [6, 6.07) is 4.08. The quantitative estimate of drug-likeness (QED) is 0.901. The van der Waals surface area contributed by atoms with Crippen LogP contribution in [0.1, 0.15) is 57.8 Å². The van der Waals surface area contributed by atoms with Crippen LogP contribution in [0, 0.1) is 0 Å². The molecule has 4 heteroatoms. The van der Waals surface area contributed by atoms with Crippen LogP contribution in [-0.4, -0.2) is 23.5 Å². The minimum atomic E-state index is -0.0832. The standard InChI is InChI=1S/C15H24N2O2/c1-3-17(13-8-5-4-6-9-13)15(18)16-12(2)14-10-7-11-19-14/h7,10-13H,3-6,8-9H2,1-2H3,(H,16,18). The van der Waals surface area contributed by atoms with Gasteiger partial charge in [-0.15, -0.1) is 0 Å². The lowest BCUT2D eigenvalue weighted by atomic mass is 9.94. The lowest BCUT2D eigenvalue weighted by Crippen LogP contribution is -2.47. The maximum atomic E-state index is 12.4. The van der Waals surface area contributed by atoms with E-state index in [0.29, 0.717) is 6.04 Å². The van der Waals surface area contributed by atoms with Crippen molar-refractivity contribution >= 4 is 6.03 Å². The van der Waals surface area contributed by atoms with Gasteiger partial charge in [-0.1, -0.05) is 19.3 Å². The fourth-order valence-corrected chi connectivity index (χ4v) is 2.84. The normalized spacial score (nSPS) is 18.0. The Balaban J connectivity index is 1.92. The molecule has 1 atom stereocenters. The van der Waals surface area contributed by atoms with Gasteiger partial charge in [0.05, 0.1) is 12.3 Å². The van der Waals surface area contributed by atoms with Gasteiger partial charge >= 0.3 is 6.03 Å². The van der Waals surface area contributed by atoms with Crippen LogP contribution in [-0.2, 0) is 0 Å². The van der Waals surface area contributed by atoms with Crippen molar-refractivity contribution < 1.29 is 9.21 Å². The van der Waals surface area contributed by atoms with Crippen LogP contribution in [0.4, 0.5) is 4.79 Å². The monoisotopic (exact) mass is 264 g/mol. The smallest absolute Gasteiger partial charge is 0.318 e. The third kappa shape index (κ3) is 3.52. The summed E-state index contributed by atoms with van der Waals surface area (Å²) in [7, 11) is 0. The Morgan fingerprint density at radius 2 is 2.21 bits per heavy atom. The summed E-state index contributed by atoms with van der Waals surface area (Å²) in [6.45, 7) is 4.76. The molecule has 1 aromatic heterocycles. The lowest BCUT2D eigenvalue weighted by Gasteiger charge is -2.34. The highest BCUT2D eigenvalue weighted by Gasteiger charge is 2.25. The number of rotatable bonds is 4. The van der Waals surface area contributed by atoms with Gasteiger partial charge in [-0.25, -0.2) is 4.79 Å². The predicted octanol–water partition coefficient (Wildman–Crippen LogP) is 3.70. The average Bonchev–Trinajstić information content (AvgIpc) is 2.94.